The van der Waals surface area contributed by atoms with Crippen molar-refractivity contribution < 1.29 is 14.3 Å². The van der Waals surface area contributed by atoms with Gasteiger partial charge in [0.05, 0.1) is 21.8 Å². The molecule has 0 N–H and O–H groups in total. The molecule has 2 aromatic heterocycles. The molecule has 140 valence electrons. The Hall–Kier alpha value is -1.93. The molecule has 1 aromatic carbocycles. The molecule has 0 atom stereocenters. The number of carbonyl (C=O) groups is 2. The molecule has 0 aliphatic carbocycles. The Balaban J connectivity index is 2.06. The van der Waals surface area contributed by atoms with Crippen LogP contribution >= 0.6 is 45.9 Å². The predicted molar refractivity (Wildman–Crippen MR) is 110 cm³/mol. The molecule has 2 heterocycles. The Morgan fingerprint density at radius 2 is 2.15 bits per heavy atom. The van der Waals surface area contributed by atoms with E-state index in [1.807, 2.05) is 17.5 Å². The van der Waals surface area contributed by atoms with Crippen molar-refractivity contribution >= 4 is 74.0 Å². The van der Waals surface area contributed by atoms with Crippen molar-refractivity contribution in [1.29, 1.82) is 0 Å². The van der Waals surface area contributed by atoms with Gasteiger partial charge in [-0.1, -0.05) is 40.6 Å². The minimum atomic E-state index is -0.439. The molecular weight excluding hydrogens is 427 g/mol. The highest BCUT2D eigenvalue weighted by molar-refractivity contribution is 7.16. The maximum absolute atomic E-state index is 12.3. The van der Waals surface area contributed by atoms with Gasteiger partial charge in [0, 0.05) is 16.0 Å². The lowest BCUT2D eigenvalue weighted by molar-refractivity contribution is -0.143. The first-order chi connectivity index (χ1) is 13.0. The van der Waals surface area contributed by atoms with Crippen LogP contribution in [-0.4, -0.2) is 23.1 Å². The Labute approximate surface area is 173 Å². The number of benzene rings is 1. The van der Waals surface area contributed by atoms with Gasteiger partial charge in [-0.2, -0.15) is 4.99 Å². The summed E-state index contributed by atoms with van der Waals surface area (Å²) >= 11 is 15.1. The fourth-order valence-electron chi connectivity index (χ4n) is 2.37. The van der Waals surface area contributed by atoms with Gasteiger partial charge in [-0.05, 0) is 36.6 Å². The predicted octanol–water partition coefficient (Wildman–Crippen LogP) is 4.77. The molecule has 3 rings (SSSR count). The third kappa shape index (κ3) is 4.87. The Kier molecular flexibility index (Phi) is 6.49. The molecular formula is C18H14Cl2N2O3S2. The van der Waals surface area contributed by atoms with E-state index in [1.165, 1.54) is 28.7 Å². The molecule has 0 radical (unpaired) electrons. The fraction of sp³-hybridized carbons (Fsp3) is 0.167. The van der Waals surface area contributed by atoms with Crippen LogP contribution in [0, 0.1) is 0 Å². The van der Waals surface area contributed by atoms with Crippen molar-refractivity contribution in [3.05, 3.63) is 55.4 Å². The number of carbonyl (C=O) groups excluding carboxylic acids is 2. The van der Waals surface area contributed by atoms with Gasteiger partial charge in [0.15, 0.2) is 4.80 Å². The number of rotatable bonds is 5. The van der Waals surface area contributed by atoms with Gasteiger partial charge < -0.3 is 9.30 Å². The fourth-order valence-corrected chi connectivity index (χ4v) is 4.80. The summed E-state index contributed by atoms with van der Waals surface area (Å²) in [6.07, 6.45) is 3.09. The summed E-state index contributed by atoms with van der Waals surface area (Å²) in [5, 5.41) is 2.76. The zero-order valence-electron chi connectivity index (χ0n) is 14.1. The molecule has 0 bridgehead atoms. The van der Waals surface area contributed by atoms with Gasteiger partial charge in [0.25, 0.3) is 5.91 Å². The summed E-state index contributed by atoms with van der Waals surface area (Å²) in [5.41, 5.74) is 0.591. The molecule has 1 amide bonds. The summed E-state index contributed by atoms with van der Waals surface area (Å²) in [5.74, 6) is -0.874. The summed E-state index contributed by atoms with van der Waals surface area (Å²) in [4.78, 5) is 29.7. The van der Waals surface area contributed by atoms with E-state index in [0.29, 0.717) is 20.4 Å². The minimum absolute atomic E-state index is 0.101. The van der Waals surface area contributed by atoms with Gasteiger partial charge in [-0.3, -0.25) is 9.59 Å². The SMILES string of the molecule is CCOC(=O)Cn1c(=NC(=O)C=Cc2cccs2)sc2cc(Cl)cc(Cl)c21. The smallest absolute Gasteiger partial charge is 0.326 e. The molecule has 0 aliphatic heterocycles. The van der Waals surface area contributed by atoms with Crippen LogP contribution in [0.5, 0.6) is 0 Å². The number of nitrogens with zero attached hydrogens (tertiary/aromatic N) is 2. The minimum Gasteiger partial charge on any atom is -0.465 e. The highest BCUT2D eigenvalue weighted by Gasteiger charge is 2.15. The van der Waals surface area contributed by atoms with Crippen molar-refractivity contribution in [3.63, 3.8) is 0 Å². The van der Waals surface area contributed by atoms with Crippen molar-refractivity contribution in [3.8, 4) is 0 Å². The number of fused-ring (bicyclic) bond motifs is 1. The number of thiophene rings is 1. The van der Waals surface area contributed by atoms with Crippen LogP contribution in [0.3, 0.4) is 0 Å². The van der Waals surface area contributed by atoms with Crippen LogP contribution in [0.2, 0.25) is 10.0 Å². The maximum Gasteiger partial charge on any atom is 0.326 e. The van der Waals surface area contributed by atoms with E-state index >= 15 is 0 Å². The Morgan fingerprint density at radius 3 is 2.85 bits per heavy atom. The average Bonchev–Trinajstić information content (AvgIpc) is 3.22. The van der Waals surface area contributed by atoms with Crippen LogP contribution < -0.4 is 4.80 Å². The van der Waals surface area contributed by atoms with Crippen LogP contribution in [-0.2, 0) is 20.9 Å². The monoisotopic (exact) mass is 440 g/mol. The summed E-state index contributed by atoms with van der Waals surface area (Å²) in [6.45, 7) is 1.89. The molecule has 27 heavy (non-hydrogen) atoms. The molecule has 5 nitrogen and oxygen atoms in total. The summed E-state index contributed by atoms with van der Waals surface area (Å²) in [7, 11) is 0. The van der Waals surface area contributed by atoms with Crippen LogP contribution in [0.4, 0.5) is 0 Å². The normalized spacial score (nSPS) is 12.2. The quantitative estimate of drug-likeness (QED) is 0.423. The molecule has 0 fully saturated rings. The van der Waals surface area contributed by atoms with Crippen molar-refractivity contribution in [2.45, 2.75) is 13.5 Å². The third-order valence-corrected chi connectivity index (χ3v) is 5.80. The molecule has 0 aliphatic rings. The second-order valence-corrected chi connectivity index (χ2v) is 8.14. The van der Waals surface area contributed by atoms with Crippen LogP contribution in [0.15, 0.2) is 40.7 Å². The highest BCUT2D eigenvalue weighted by atomic mass is 35.5. The van der Waals surface area contributed by atoms with Gasteiger partial charge in [-0.15, -0.1) is 11.3 Å². The first kappa shape index (κ1) is 19.8. The topological polar surface area (TPSA) is 60.7 Å². The van der Waals surface area contributed by atoms with E-state index in [0.717, 1.165) is 9.58 Å². The van der Waals surface area contributed by atoms with E-state index in [9.17, 15) is 9.59 Å². The Morgan fingerprint density at radius 1 is 1.33 bits per heavy atom. The largest absolute Gasteiger partial charge is 0.465 e. The number of esters is 1. The van der Waals surface area contributed by atoms with Crippen molar-refractivity contribution in [1.82, 2.24) is 4.57 Å². The van der Waals surface area contributed by atoms with E-state index in [4.69, 9.17) is 27.9 Å². The van der Waals surface area contributed by atoms with Gasteiger partial charge in [0.2, 0.25) is 0 Å². The van der Waals surface area contributed by atoms with E-state index in [-0.39, 0.29) is 13.2 Å². The second kappa shape index (κ2) is 8.84. The molecule has 0 saturated carbocycles. The summed E-state index contributed by atoms with van der Waals surface area (Å²) < 4.78 is 7.32. The number of ether oxygens (including phenoxy) is 1. The zero-order valence-corrected chi connectivity index (χ0v) is 17.3. The molecule has 9 heteroatoms. The molecule has 0 spiro atoms. The summed E-state index contributed by atoms with van der Waals surface area (Å²) in [6, 6.07) is 7.11. The molecule has 0 unspecified atom stereocenters. The number of hydrogen-bond donors (Lipinski definition) is 0. The first-order valence-electron chi connectivity index (χ1n) is 7.92. The second-order valence-electron chi connectivity index (χ2n) is 5.31. The number of thiazole rings is 1. The lowest BCUT2D eigenvalue weighted by Crippen LogP contribution is -2.23. The van der Waals surface area contributed by atoms with Gasteiger partial charge >= 0.3 is 5.97 Å². The lowest BCUT2D eigenvalue weighted by atomic mass is 10.3. The van der Waals surface area contributed by atoms with E-state index < -0.39 is 11.9 Å². The number of hydrogen-bond acceptors (Lipinski definition) is 5. The zero-order chi connectivity index (χ0) is 19.4. The maximum atomic E-state index is 12.3. The Bertz CT molecular complexity index is 1080. The van der Waals surface area contributed by atoms with Crippen molar-refractivity contribution in [2.75, 3.05) is 6.61 Å². The highest BCUT2D eigenvalue weighted by Crippen LogP contribution is 2.29. The average molecular weight is 441 g/mol. The van der Waals surface area contributed by atoms with Crippen molar-refractivity contribution in [2.24, 2.45) is 4.99 Å². The molecule has 0 saturated heterocycles. The van der Waals surface area contributed by atoms with Crippen LogP contribution in [0.25, 0.3) is 16.3 Å². The van der Waals surface area contributed by atoms with E-state index in [1.54, 1.807) is 29.7 Å². The number of halogens is 2. The first-order valence-corrected chi connectivity index (χ1v) is 10.4. The van der Waals surface area contributed by atoms with Gasteiger partial charge in [-0.25, -0.2) is 0 Å². The lowest BCUT2D eigenvalue weighted by Gasteiger charge is -2.06. The third-order valence-electron chi connectivity index (χ3n) is 3.43. The number of amides is 1. The van der Waals surface area contributed by atoms with E-state index in [2.05, 4.69) is 4.99 Å². The van der Waals surface area contributed by atoms with Gasteiger partial charge in [0.1, 0.15) is 6.54 Å². The molecule has 3 aromatic rings. The number of aromatic nitrogens is 1. The van der Waals surface area contributed by atoms with Crippen LogP contribution in [0.1, 0.15) is 11.8 Å². The standard InChI is InChI=1S/C18H14Cl2N2O3S2/c1-2-25-16(24)10-22-17-13(20)8-11(19)9-14(17)27-18(22)21-15(23)6-5-12-4-3-7-26-12/h3-9H,2,10H2,1H3.